The van der Waals surface area contributed by atoms with E-state index in [1.807, 2.05) is 25.1 Å². The molecule has 1 fully saturated rings. The molecule has 33 heavy (non-hydrogen) atoms. The van der Waals surface area contributed by atoms with Crippen LogP contribution in [0.1, 0.15) is 38.2 Å². The second-order valence-corrected chi connectivity index (χ2v) is 8.62. The third kappa shape index (κ3) is 5.09. The van der Waals surface area contributed by atoms with Gasteiger partial charge in [-0.25, -0.2) is 9.78 Å². The Morgan fingerprint density at radius 2 is 2.03 bits per heavy atom. The largest absolute Gasteiger partial charge is 0.481 e. The predicted molar refractivity (Wildman–Crippen MR) is 126 cm³/mol. The highest BCUT2D eigenvalue weighted by Crippen LogP contribution is 2.38. The summed E-state index contributed by atoms with van der Waals surface area (Å²) in [5.74, 6) is 0.772. The highest BCUT2D eigenvalue weighted by Gasteiger charge is 2.35. The number of hydrogen-bond acceptors (Lipinski definition) is 7. The summed E-state index contributed by atoms with van der Waals surface area (Å²) in [5.41, 5.74) is 8.42. The van der Waals surface area contributed by atoms with Crippen LogP contribution in [0.25, 0.3) is 0 Å². The van der Waals surface area contributed by atoms with E-state index in [2.05, 4.69) is 10.3 Å². The predicted octanol–water partition coefficient (Wildman–Crippen LogP) is 2.64. The van der Waals surface area contributed by atoms with Crippen LogP contribution >= 0.6 is 0 Å². The van der Waals surface area contributed by atoms with E-state index >= 15 is 0 Å². The minimum atomic E-state index is -0.532. The average molecular weight is 454 g/mol. The van der Waals surface area contributed by atoms with E-state index in [9.17, 15) is 9.59 Å². The molecule has 0 bridgehead atoms. The van der Waals surface area contributed by atoms with E-state index in [1.165, 1.54) is 33.1 Å². The normalized spacial score (nSPS) is 18.5. The van der Waals surface area contributed by atoms with Crippen LogP contribution in [0.5, 0.6) is 11.6 Å². The quantitative estimate of drug-likeness (QED) is 0.663. The van der Waals surface area contributed by atoms with Crippen LogP contribution < -0.4 is 30.3 Å². The smallest absolute Gasteiger partial charge is 0.419 e. The summed E-state index contributed by atoms with van der Waals surface area (Å²) in [7, 11) is 1.52. The molecular formula is C24H31N5O4. The lowest BCUT2D eigenvalue weighted by molar-refractivity contribution is -0.117. The van der Waals surface area contributed by atoms with Crippen molar-refractivity contribution in [2.24, 2.45) is 5.73 Å². The van der Waals surface area contributed by atoms with E-state index in [0.29, 0.717) is 42.1 Å². The summed E-state index contributed by atoms with van der Waals surface area (Å²) in [4.78, 5) is 33.0. The van der Waals surface area contributed by atoms with Gasteiger partial charge in [0.05, 0.1) is 30.7 Å². The van der Waals surface area contributed by atoms with E-state index in [4.69, 9.17) is 15.2 Å². The number of rotatable bonds is 7. The Bertz CT molecular complexity index is 1010. The van der Waals surface area contributed by atoms with Crippen LogP contribution in [0.4, 0.5) is 16.2 Å². The first-order valence-electron chi connectivity index (χ1n) is 11.3. The second-order valence-electron chi connectivity index (χ2n) is 8.62. The minimum absolute atomic E-state index is 0.0744. The molecule has 0 saturated heterocycles. The number of carbonyl (C=O) groups is 2. The molecule has 176 valence electrons. The molecule has 2 aromatic rings. The molecular weight excluding hydrogens is 422 g/mol. The van der Waals surface area contributed by atoms with E-state index in [-0.39, 0.29) is 17.9 Å². The molecule has 1 aliphatic carbocycles. The van der Waals surface area contributed by atoms with Gasteiger partial charge < -0.3 is 25.4 Å². The molecule has 1 aromatic carbocycles. The van der Waals surface area contributed by atoms with Gasteiger partial charge in [-0.05, 0) is 43.5 Å². The van der Waals surface area contributed by atoms with Gasteiger partial charge in [-0.2, -0.15) is 0 Å². The van der Waals surface area contributed by atoms with Crippen molar-refractivity contribution in [2.75, 3.05) is 36.5 Å². The van der Waals surface area contributed by atoms with Crippen molar-refractivity contribution in [2.45, 2.75) is 44.7 Å². The summed E-state index contributed by atoms with van der Waals surface area (Å²) in [6, 6.07) is 9.48. The topological polar surface area (TPSA) is 110 Å². The molecule has 1 aliphatic heterocycles. The van der Waals surface area contributed by atoms with E-state index in [0.717, 1.165) is 12.1 Å². The molecule has 0 radical (unpaired) electrons. The lowest BCUT2D eigenvalue weighted by atomic mass is 9.96. The van der Waals surface area contributed by atoms with Gasteiger partial charge in [-0.15, -0.1) is 0 Å². The molecule has 1 unspecified atom stereocenters. The zero-order chi connectivity index (χ0) is 23.5. The van der Waals surface area contributed by atoms with Crippen LogP contribution in [0.2, 0.25) is 0 Å². The highest BCUT2D eigenvalue weighted by atomic mass is 16.6. The van der Waals surface area contributed by atoms with Gasteiger partial charge >= 0.3 is 6.09 Å². The molecule has 9 heteroatoms. The first-order chi connectivity index (χ1) is 15.9. The fourth-order valence-corrected chi connectivity index (χ4v) is 4.19. The first kappa shape index (κ1) is 23.0. The molecule has 2 atom stereocenters. The molecule has 3 N–H and O–H groups in total. The van der Waals surface area contributed by atoms with Crippen molar-refractivity contribution >= 4 is 23.4 Å². The number of aromatic nitrogens is 1. The van der Waals surface area contributed by atoms with Crippen LogP contribution in [0.15, 0.2) is 36.5 Å². The lowest BCUT2D eigenvalue weighted by Gasteiger charge is -2.40. The summed E-state index contributed by atoms with van der Waals surface area (Å²) in [6.45, 7) is 5.01. The summed E-state index contributed by atoms with van der Waals surface area (Å²) in [5, 5.41) is 3.53. The Morgan fingerprint density at radius 1 is 1.24 bits per heavy atom. The number of nitrogens with one attached hydrogen (secondary N) is 1. The summed E-state index contributed by atoms with van der Waals surface area (Å²) >= 11 is 0. The van der Waals surface area contributed by atoms with Crippen molar-refractivity contribution in [1.82, 2.24) is 10.3 Å². The van der Waals surface area contributed by atoms with Gasteiger partial charge in [0.15, 0.2) is 5.75 Å². The van der Waals surface area contributed by atoms with Gasteiger partial charge in [0.2, 0.25) is 11.8 Å². The highest BCUT2D eigenvalue weighted by molar-refractivity contribution is 6.02. The number of fused-ring (bicyclic) bond motifs is 1. The van der Waals surface area contributed by atoms with Gasteiger partial charge in [0.1, 0.15) is 0 Å². The maximum Gasteiger partial charge on any atom is 0.419 e. The third-order valence-electron chi connectivity index (χ3n) is 6.11. The van der Waals surface area contributed by atoms with Crippen molar-refractivity contribution in [3.8, 4) is 11.6 Å². The number of amides is 2. The van der Waals surface area contributed by atoms with Crippen molar-refractivity contribution in [1.29, 1.82) is 0 Å². The Kier molecular flexibility index (Phi) is 6.80. The van der Waals surface area contributed by atoms with Crippen molar-refractivity contribution in [3.63, 3.8) is 0 Å². The summed E-state index contributed by atoms with van der Waals surface area (Å²) in [6.07, 6.45) is 3.31. The minimum Gasteiger partial charge on any atom is -0.481 e. The zero-order valence-electron chi connectivity index (χ0n) is 19.3. The number of ether oxygens (including phenoxy) is 2. The fourth-order valence-electron chi connectivity index (χ4n) is 4.19. The molecule has 4 rings (SSSR count). The number of hydrogen-bond donors (Lipinski definition) is 2. The van der Waals surface area contributed by atoms with E-state index < -0.39 is 6.09 Å². The van der Waals surface area contributed by atoms with Gasteiger partial charge in [-0.1, -0.05) is 6.07 Å². The fraction of sp³-hybridized carbons (Fsp3) is 0.458. The Balaban J connectivity index is 1.63. The Morgan fingerprint density at radius 3 is 2.64 bits per heavy atom. The van der Waals surface area contributed by atoms with Crippen molar-refractivity contribution in [3.05, 3.63) is 42.1 Å². The Hall–Kier alpha value is -3.17. The summed E-state index contributed by atoms with van der Waals surface area (Å²) < 4.78 is 10.7. The number of nitrogens with two attached hydrogens (primary N) is 1. The van der Waals surface area contributed by atoms with E-state index in [1.54, 1.807) is 21.9 Å². The number of benzene rings is 1. The molecule has 2 aliphatic rings. The third-order valence-corrected chi connectivity index (χ3v) is 6.11. The van der Waals surface area contributed by atoms with Gasteiger partial charge in [0, 0.05) is 44.6 Å². The van der Waals surface area contributed by atoms with Gasteiger partial charge in [-0.3, -0.25) is 9.69 Å². The standard InChI is InChI=1S/C24H31N5O4/c1-15-14-28(24(31)33-20-7-9-23(32-3)27-13-20)22-10-17(4-8-21(22)29(15)16(2)30)18(11-25)12-26-19-5-6-19/h4,7-10,13,15,18-19,26H,5-6,11-12,14,25H2,1-3H3/t15-,18?/m0/s1. The van der Waals surface area contributed by atoms with Crippen molar-refractivity contribution < 1.29 is 19.1 Å². The monoisotopic (exact) mass is 453 g/mol. The number of anilines is 2. The zero-order valence-corrected chi connectivity index (χ0v) is 19.3. The van der Waals surface area contributed by atoms with Crippen LogP contribution in [-0.4, -0.2) is 55.8 Å². The molecule has 2 heterocycles. The maximum absolute atomic E-state index is 13.2. The number of pyridine rings is 1. The number of nitrogens with zero attached hydrogens (tertiary/aromatic N) is 3. The molecule has 1 saturated carbocycles. The van der Waals surface area contributed by atoms with Gasteiger partial charge in [0.25, 0.3) is 0 Å². The molecule has 2 amide bonds. The van der Waals surface area contributed by atoms with Crippen LogP contribution in [0, 0.1) is 0 Å². The number of methoxy groups -OCH3 is 1. The second kappa shape index (κ2) is 9.76. The number of carbonyl (C=O) groups excluding carboxylic acids is 2. The van der Waals surface area contributed by atoms with Crippen LogP contribution in [-0.2, 0) is 4.79 Å². The SMILES string of the molecule is COc1ccc(OC(=O)N2C[C@H](C)N(C(C)=O)c3ccc(C(CN)CNC4CC4)cc32)cn1. The average Bonchev–Trinajstić information content (AvgIpc) is 3.63. The molecule has 1 aromatic heterocycles. The molecule has 9 nitrogen and oxygen atoms in total. The maximum atomic E-state index is 13.2. The molecule has 0 spiro atoms. The first-order valence-corrected chi connectivity index (χ1v) is 11.3. The van der Waals surface area contributed by atoms with Crippen LogP contribution in [0.3, 0.4) is 0 Å². The Labute approximate surface area is 193 Å². The lowest BCUT2D eigenvalue weighted by Crippen LogP contribution is -2.52.